The molecule has 1 aromatic heterocycles. The fraction of sp³-hybridized carbons (Fsp3) is 0.545. The molecule has 0 bridgehead atoms. The van der Waals surface area contributed by atoms with E-state index in [0.717, 1.165) is 15.9 Å². The number of nitrogens with one attached hydrogen (secondary N) is 1. The Morgan fingerprint density at radius 3 is 2.65 bits per heavy atom. The summed E-state index contributed by atoms with van der Waals surface area (Å²) in [5.74, 6) is 0.722. The summed E-state index contributed by atoms with van der Waals surface area (Å²) in [7, 11) is 0. The average Bonchev–Trinajstić information content (AvgIpc) is 2.18. The molecule has 0 aliphatic rings. The van der Waals surface area contributed by atoms with E-state index in [9.17, 15) is 13.2 Å². The first-order chi connectivity index (χ1) is 7.88. The predicted molar refractivity (Wildman–Crippen MR) is 65.1 cm³/mol. The molecular formula is C11H14BrF3N2. The molecule has 0 atom stereocenters. The molecule has 1 N–H and O–H groups in total. The van der Waals surface area contributed by atoms with Crippen molar-refractivity contribution in [3.05, 3.63) is 22.3 Å². The largest absolute Gasteiger partial charge is 0.389 e. The van der Waals surface area contributed by atoms with Gasteiger partial charge in [0.15, 0.2) is 0 Å². The minimum Gasteiger partial charge on any atom is -0.370 e. The minimum atomic E-state index is -4.05. The first-order valence-electron chi connectivity index (χ1n) is 5.31. The fourth-order valence-corrected chi connectivity index (χ4v) is 1.83. The van der Waals surface area contributed by atoms with Crippen LogP contribution in [0.4, 0.5) is 19.0 Å². The SMILES string of the molecule is Cc1cc(Br)cnc1NCCCCC(F)(F)F. The first-order valence-corrected chi connectivity index (χ1v) is 6.10. The third-order valence-electron chi connectivity index (χ3n) is 2.22. The van der Waals surface area contributed by atoms with E-state index in [2.05, 4.69) is 26.2 Å². The molecule has 1 rings (SSSR count). The van der Waals surface area contributed by atoms with Crippen molar-refractivity contribution in [3.8, 4) is 0 Å². The molecule has 0 aliphatic carbocycles. The average molecular weight is 311 g/mol. The molecule has 0 fully saturated rings. The zero-order valence-corrected chi connectivity index (χ0v) is 11.0. The van der Waals surface area contributed by atoms with Crippen LogP contribution in [0.15, 0.2) is 16.7 Å². The van der Waals surface area contributed by atoms with Gasteiger partial charge in [0.25, 0.3) is 0 Å². The summed E-state index contributed by atoms with van der Waals surface area (Å²) in [5.41, 5.74) is 0.968. The molecule has 2 nitrogen and oxygen atoms in total. The smallest absolute Gasteiger partial charge is 0.370 e. The summed E-state index contributed by atoms with van der Waals surface area (Å²) in [5, 5.41) is 3.03. The number of hydrogen-bond acceptors (Lipinski definition) is 2. The van der Waals surface area contributed by atoms with Crippen LogP contribution in [0.1, 0.15) is 24.8 Å². The monoisotopic (exact) mass is 310 g/mol. The van der Waals surface area contributed by atoms with Gasteiger partial charge in [-0.15, -0.1) is 0 Å². The van der Waals surface area contributed by atoms with Gasteiger partial charge in [0.1, 0.15) is 5.82 Å². The standard InChI is InChI=1S/C11H14BrF3N2/c1-8-6-9(12)7-17-10(8)16-5-3-2-4-11(13,14)15/h6-7H,2-5H2,1H3,(H,16,17). The molecule has 17 heavy (non-hydrogen) atoms. The Bertz CT molecular complexity index is 366. The number of aryl methyl sites for hydroxylation is 1. The summed E-state index contributed by atoms with van der Waals surface area (Å²) in [6.07, 6.45) is -2.49. The molecule has 0 saturated carbocycles. The number of aromatic nitrogens is 1. The molecule has 96 valence electrons. The van der Waals surface area contributed by atoms with E-state index in [1.165, 1.54) is 0 Å². The van der Waals surface area contributed by atoms with Gasteiger partial charge in [-0.1, -0.05) is 0 Å². The van der Waals surface area contributed by atoms with Gasteiger partial charge in [-0.2, -0.15) is 13.2 Å². The van der Waals surface area contributed by atoms with Crippen molar-refractivity contribution in [3.63, 3.8) is 0 Å². The number of unbranched alkanes of at least 4 members (excludes halogenated alkanes) is 1. The number of rotatable bonds is 5. The van der Waals surface area contributed by atoms with Crippen molar-refractivity contribution < 1.29 is 13.2 Å². The van der Waals surface area contributed by atoms with E-state index in [4.69, 9.17) is 0 Å². The molecule has 0 unspecified atom stereocenters. The Labute approximate surface area is 107 Å². The van der Waals surface area contributed by atoms with Gasteiger partial charge in [0, 0.05) is 23.6 Å². The third kappa shape index (κ3) is 5.91. The van der Waals surface area contributed by atoms with Crippen LogP contribution in [0.25, 0.3) is 0 Å². The Hall–Kier alpha value is -0.780. The molecule has 1 heterocycles. The number of anilines is 1. The van der Waals surface area contributed by atoms with Crippen LogP contribution in [0.5, 0.6) is 0 Å². The van der Waals surface area contributed by atoms with E-state index in [1.54, 1.807) is 6.20 Å². The van der Waals surface area contributed by atoms with Crippen molar-refractivity contribution >= 4 is 21.7 Å². The third-order valence-corrected chi connectivity index (χ3v) is 2.66. The zero-order chi connectivity index (χ0) is 12.9. The molecule has 0 amide bonds. The molecular weight excluding hydrogens is 297 g/mol. The highest BCUT2D eigenvalue weighted by molar-refractivity contribution is 9.10. The molecule has 1 aromatic rings. The maximum absolute atomic E-state index is 11.9. The van der Waals surface area contributed by atoms with E-state index in [-0.39, 0.29) is 6.42 Å². The lowest BCUT2D eigenvalue weighted by Crippen LogP contribution is -2.09. The number of hydrogen-bond donors (Lipinski definition) is 1. The van der Waals surface area contributed by atoms with Gasteiger partial charge in [-0.3, -0.25) is 0 Å². The number of nitrogens with zero attached hydrogens (tertiary/aromatic N) is 1. The van der Waals surface area contributed by atoms with Gasteiger partial charge in [0.05, 0.1) is 0 Å². The van der Waals surface area contributed by atoms with E-state index < -0.39 is 12.6 Å². The highest BCUT2D eigenvalue weighted by atomic mass is 79.9. The summed E-state index contributed by atoms with van der Waals surface area (Å²) in [6.45, 7) is 2.40. The van der Waals surface area contributed by atoms with Crippen LogP contribution in [-0.4, -0.2) is 17.7 Å². The molecule has 6 heteroatoms. The quantitative estimate of drug-likeness (QED) is 0.820. The number of alkyl halides is 3. The van der Waals surface area contributed by atoms with Gasteiger partial charge >= 0.3 is 6.18 Å². The second-order valence-corrected chi connectivity index (χ2v) is 4.73. The second-order valence-electron chi connectivity index (χ2n) is 3.82. The van der Waals surface area contributed by atoms with Crippen LogP contribution >= 0.6 is 15.9 Å². The zero-order valence-electron chi connectivity index (χ0n) is 9.44. The first kappa shape index (κ1) is 14.3. The van der Waals surface area contributed by atoms with Gasteiger partial charge in [-0.25, -0.2) is 4.98 Å². The van der Waals surface area contributed by atoms with Gasteiger partial charge in [0.2, 0.25) is 0 Å². The van der Waals surface area contributed by atoms with Crippen molar-refractivity contribution in [2.24, 2.45) is 0 Å². The Balaban J connectivity index is 2.27. The molecule has 0 aromatic carbocycles. The summed E-state index contributed by atoms with van der Waals surface area (Å²) in [4.78, 5) is 4.14. The Morgan fingerprint density at radius 1 is 1.35 bits per heavy atom. The normalized spacial score (nSPS) is 11.6. The highest BCUT2D eigenvalue weighted by Crippen LogP contribution is 2.22. The molecule has 0 aliphatic heterocycles. The lowest BCUT2D eigenvalue weighted by Gasteiger charge is -2.09. The van der Waals surface area contributed by atoms with Gasteiger partial charge in [-0.05, 0) is 47.3 Å². The van der Waals surface area contributed by atoms with E-state index >= 15 is 0 Å². The Kier molecular flexibility index (Phi) is 5.24. The van der Waals surface area contributed by atoms with Crippen LogP contribution in [0.2, 0.25) is 0 Å². The molecule has 0 spiro atoms. The van der Waals surface area contributed by atoms with Crippen molar-refractivity contribution in [1.82, 2.24) is 4.98 Å². The predicted octanol–water partition coefficient (Wildman–Crippen LogP) is 4.30. The van der Waals surface area contributed by atoms with Crippen molar-refractivity contribution in [2.45, 2.75) is 32.4 Å². The number of pyridine rings is 1. The van der Waals surface area contributed by atoms with Gasteiger partial charge < -0.3 is 5.32 Å². The van der Waals surface area contributed by atoms with Crippen molar-refractivity contribution in [1.29, 1.82) is 0 Å². The molecule has 0 saturated heterocycles. The maximum atomic E-state index is 11.9. The van der Waals surface area contributed by atoms with Crippen LogP contribution in [0, 0.1) is 6.92 Å². The summed E-state index contributed by atoms with van der Waals surface area (Å²) < 4.78 is 36.5. The van der Waals surface area contributed by atoms with E-state index in [1.807, 2.05) is 13.0 Å². The van der Waals surface area contributed by atoms with Crippen molar-refractivity contribution in [2.75, 3.05) is 11.9 Å². The topological polar surface area (TPSA) is 24.9 Å². The summed E-state index contributed by atoms with van der Waals surface area (Å²) in [6, 6.07) is 1.91. The summed E-state index contributed by atoms with van der Waals surface area (Å²) >= 11 is 3.30. The number of halogens is 4. The maximum Gasteiger partial charge on any atom is 0.389 e. The van der Waals surface area contributed by atoms with E-state index in [0.29, 0.717) is 13.0 Å². The minimum absolute atomic E-state index is 0.145. The van der Waals surface area contributed by atoms with Crippen LogP contribution < -0.4 is 5.32 Å². The lowest BCUT2D eigenvalue weighted by molar-refractivity contribution is -0.135. The molecule has 0 radical (unpaired) electrons. The lowest BCUT2D eigenvalue weighted by atomic mass is 10.2. The van der Waals surface area contributed by atoms with Crippen LogP contribution in [-0.2, 0) is 0 Å². The van der Waals surface area contributed by atoms with Crippen LogP contribution in [0.3, 0.4) is 0 Å². The highest BCUT2D eigenvalue weighted by Gasteiger charge is 2.25. The second kappa shape index (κ2) is 6.23. The Morgan fingerprint density at radius 2 is 2.06 bits per heavy atom. The fourth-order valence-electron chi connectivity index (χ4n) is 1.38.